The third-order valence-corrected chi connectivity index (χ3v) is 3.70. The average Bonchev–Trinajstić information content (AvgIpc) is 2.90. The third-order valence-electron chi connectivity index (χ3n) is 3.70. The maximum atomic E-state index is 12.8. The molecule has 2 unspecified atom stereocenters. The molecule has 0 aromatic heterocycles. The van der Waals surface area contributed by atoms with Crippen molar-refractivity contribution >= 4 is 11.9 Å². The summed E-state index contributed by atoms with van der Waals surface area (Å²) in [5.74, 6) is -1.69. The molecule has 1 fully saturated rings. The van der Waals surface area contributed by atoms with Crippen molar-refractivity contribution < 1.29 is 19.1 Å². The molecule has 1 heterocycles. The molecule has 0 radical (unpaired) electrons. The Morgan fingerprint density at radius 1 is 1.40 bits per heavy atom. The van der Waals surface area contributed by atoms with Crippen molar-refractivity contribution in [1.29, 1.82) is 0 Å². The van der Waals surface area contributed by atoms with Crippen LogP contribution in [0.2, 0.25) is 0 Å². The predicted octanol–water partition coefficient (Wildman–Crippen LogP) is 2.08. The van der Waals surface area contributed by atoms with Gasteiger partial charge in [0.1, 0.15) is 11.9 Å². The number of nitrogens with zero attached hydrogens (tertiary/aromatic N) is 1. The van der Waals surface area contributed by atoms with Crippen molar-refractivity contribution in [2.75, 3.05) is 6.54 Å². The zero-order chi connectivity index (χ0) is 14.7. The lowest BCUT2D eigenvalue weighted by atomic mass is 9.99. The van der Waals surface area contributed by atoms with E-state index in [2.05, 4.69) is 0 Å². The summed E-state index contributed by atoms with van der Waals surface area (Å²) in [5, 5.41) is 9.10. The van der Waals surface area contributed by atoms with Gasteiger partial charge in [0.05, 0.1) is 0 Å². The number of carboxylic acids is 1. The van der Waals surface area contributed by atoms with Gasteiger partial charge < -0.3 is 10.0 Å². The molecular weight excluding hydrogens is 261 g/mol. The van der Waals surface area contributed by atoms with E-state index in [9.17, 15) is 14.0 Å². The van der Waals surface area contributed by atoms with Gasteiger partial charge in [-0.05, 0) is 37.0 Å². The molecule has 0 bridgehead atoms. The van der Waals surface area contributed by atoms with Gasteiger partial charge in [-0.15, -0.1) is 0 Å². The molecule has 1 amide bonds. The Morgan fingerprint density at radius 3 is 2.65 bits per heavy atom. The molecule has 1 aromatic rings. The van der Waals surface area contributed by atoms with E-state index >= 15 is 0 Å². The van der Waals surface area contributed by atoms with Gasteiger partial charge in [0, 0.05) is 12.5 Å². The smallest absolute Gasteiger partial charge is 0.326 e. The molecule has 2 atom stereocenters. The Hall–Kier alpha value is -1.91. The van der Waals surface area contributed by atoms with Gasteiger partial charge in [-0.3, -0.25) is 4.79 Å². The minimum atomic E-state index is -0.940. The van der Waals surface area contributed by atoms with Gasteiger partial charge in [0.25, 0.3) is 0 Å². The number of carboxylic acid groups (broad SMARTS) is 1. The molecular formula is C15H18FNO3. The van der Waals surface area contributed by atoms with Gasteiger partial charge in [-0.25, -0.2) is 9.18 Å². The first-order chi connectivity index (χ1) is 9.49. The van der Waals surface area contributed by atoms with Crippen molar-refractivity contribution in [2.24, 2.45) is 5.92 Å². The highest BCUT2D eigenvalue weighted by molar-refractivity contribution is 5.85. The van der Waals surface area contributed by atoms with Crippen LogP contribution in [0.1, 0.15) is 25.3 Å². The van der Waals surface area contributed by atoms with Crippen molar-refractivity contribution in [3.05, 3.63) is 35.6 Å². The molecule has 20 heavy (non-hydrogen) atoms. The van der Waals surface area contributed by atoms with Crippen LogP contribution in [-0.2, 0) is 16.0 Å². The van der Waals surface area contributed by atoms with E-state index in [0.717, 1.165) is 12.0 Å². The first-order valence-corrected chi connectivity index (χ1v) is 6.76. The van der Waals surface area contributed by atoms with Crippen molar-refractivity contribution in [3.8, 4) is 0 Å². The molecule has 0 aliphatic carbocycles. The Labute approximate surface area is 117 Å². The molecule has 1 saturated heterocycles. The zero-order valence-electron chi connectivity index (χ0n) is 11.4. The van der Waals surface area contributed by atoms with Crippen molar-refractivity contribution in [1.82, 2.24) is 4.90 Å². The van der Waals surface area contributed by atoms with Gasteiger partial charge >= 0.3 is 5.97 Å². The van der Waals surface area contributed by atoms with Crippen LogP contribution in [0.25, 0.3) is 0 Å². The topological polar surface area (TPSA) is 57.6 Å². The van der Waals surface area contributed by atoms with E-state index in [-0.39, 0.29) is 17.6 Å². The summed E-state index contributed by atoms with van der Waals surface area (Å²) in [7, 11) is 0. The summed E-state index contributed by atoms with van der Waals surface area (Å²) in [6, 6.07) is 5.33. The Kier molecular flexibility index (Phi) is 4.37. The van der Waals surface area contributed by atoms with Crippen molar-refractivity contribution in [3.63, 3.8) is 0 Å². The van der Waals surface area contributed by atoms with Crippen LogP contribution >= 0.6 is 0 Å². The lowest BCUT2D eigenvalue weighted by Gasteiger charge is -2.25. The first kappa shape index (κ1) is 14.5. The number of hydrogen-bond acceptors (Lipinski definition) is 2. The van der Waals surface area contributed by atoms with Gasteiger partial charge in [-0.1, -0.05) is 19.1 Å². The highest BCUT2D eigenvalue weighted by Crippen LogP contribution is 2.21. The third kappa shape index (κ3) is 3.15. The summed E-state index contributed by atoms with van der Waals surface area (Å²) in [6.45, 7) is 2.28. The number of amides is 1. The maximum absolute atomic E-state index is 12.8. The van der Waals surface area contributed by atoms with E-state index in [1.54, 1.807) is 19.1 Å². The molecule has 1 aromatic carbocycles. The van der Waals surface area contributed by atoms with E-state index in [1.807, 2.05) is 0 Å². The van der Waals surface area contributed by atoms with Gasteiger partial charge in [0.15, 0.2) is 0 Å². The summed E-state index contributed by atoms with van der Waals surface area (Å²) >= 11 is 0. The number of carbonyl (C=O) groups excluding carboxylic acids is 1. The van der Waals surface area contributed by atoms with Gasteiger partial charge in [-0.2, -0.15) is 0 Å². The van der Waals surface area contributed by atoms with Crippen LogP contribution in [0.15, 0.2) is 24.3 Å². The van der Waals surface area contributed by atoms with Crippen molar-refractivity contribution in [2.45, 2.75) is 32.2 Å². The lowest BCUT2D eigenvalue weighted by molar-refractivity contribution is -0.149. The molecule has 1 aliphatic rings. The first-order valence-electron chi connectivity index (χ1n) is 6.76. The Morgan fingerprint density at radius 2 is 2.05 bits per heavy atom. The Bertz CT molecular complexity index is 500. The van der Waals surface area contributed by atoms with E-state index in [1.165, 1.54) is 17.0 Å². The minimum absolute atomic E-state index is 0.140. The van der Waals surface area contributed by atoms with Crippen LogP contribution in [0, 0.1) is 11.7 Å². The maximum Gasteiger partial charge on any atom is 0.326 e. The summed E-state index contributed by atoms with van der Waals surface area (Å²) in [4.78, 5) is 24.9. The second-order valence-corrected chi connectivity index (χ2v) is 5.26. The molecule has 0 spiro atoms. The van der Waals surface area contributed by atoms with Crippen LogP contribution in [0.3, 0.4) is 0 Å². The number of carbonyl (C=O) groups is 2. The van der Waals surface area contributed by atoms with Crippen LogP contribution in [0.4, 0.5) is 4.39 Å². The van der Waals surface area contributed by atoms with E-state index in [0.29, 0.717) is 19.4 Å². The molecule has 1 aliphatic heterocycles. The molecule has 5 heteroatoms. The largest absolute Gasteiger partial charge is 0.480 e. The lowest BCUT2D eigenvalue weighted by Crippen LogP contribution is -2.43. The fraction of sp³-hybridized carbons (Fsp3) is 0.467. The summed E-state index contributed by atoms with van der Waals surface area (Å²) in [6.07, 6.45) is 1.73. The van der Waals surface area contributed by atoms with Crippen LogP contribution in [-0.4, -0.2) is 34.5 Å². The number of halogens is 1. The second-order valence-electron chi connectivity index (χ2n) is 5.26. The van der Waals surface area contributed by atoms with E-state index < -0.39 is 12.0 Å². The normalized spacial score (nSPS) is 19.9. The van der Waals surface area contributed by atoms with Crippen LogP contribution < -0.4 is 0 Å². The number of aliphatic carboxylic acids is 1. The van der Waals surface area contributed by atoms with Crippen LogP contribution in [0.5, 0.6) is 0 Å². The number of benzene rings is 1. The second kappa shape index (κ2) is 6.03. The molecule has 2 rings (SSSR count). The molecule has 0 saturated carbocycles. The number of hydrogen-bond donors (Lipinski definition) is 1. The quantitative estimate of drug-likeness (QED) is 0.918. The zero-order valence-corrected chi connectivity index (χ0v) is 11.4. The standard InChI is InChI=1S/C15H18FNO3/c1-10(9-11-4-6-12(16)7-5-11)14(18)17-8-2-3-13(17)15(19)20/h4-7,10,13H,2-3,8-9H2,1H3,(H,19,20). The predicted molar refractivity (Wildman–Crippen MR) is 71.6 cm³/mol. The van der Waals surface area contributed by atoms with E-state index in [4.69, 9.17) is 5.11 Å². The van der Waals surface area contributed by atoms with Gasteiger partial charge in [0.2, 0.25) is 5.91 Å². The molecule has 108 valence electrons. The molecule has 4 nitrogen and oxygen atoms in total. The number of likely N-dealkylation sites (tertiary alicyclic amines) is 1. The number of rotatable bonds is 4. The fourth-order valence-electron chi connectivity index (χ4n) is 2.63. The Balaban J connectivity index is 2.01. The SMILES string of the molecule is CC(Cc1ccc(F)cc1)C(=O)N1CCCC1C(=O)O. The monoisotopic (exact) mass is 279 g/mol. The summed E-state index contributed by atoms with van der Waals surface area (Å²) in [5.41, 5.74) is 0.873. The highest BCUT2D eigenvalue weighted by Gasteiger charge is 2.35. The molecule has 1 N–H and O–H groups in total. The average molecular weight is 279 g/mol. The minimum Gasteiger partial charge on any atom is -0.480 e. The highest BCUT2D eigenvalue weighted by atomic mass is 19.1. The summed E-state index contributed by atoms with van der Waals surface area (Å²) < 4.78 is 12.8. The fourth-order valence-corrected chi connectivity index (χ4v) is 2.63.